The van der Waals surface area contributed by atoms with Gasteiger partial charge in [-0.2, -0.15) is 13.2 Å². The van der Waals surface area contributed by atoms with Gasteiger partial charge in [0.1, 0.15) is 0 Å². The van der Waals surface area contributed by atoms with Crippen LogP contribution in [-0.2, 0) is 24.0 Å². The lowest BCUT2D eigenvalue weighted by atomic mass is 9.97. The molecule has 2 rings (SSSR count). The number of carbonyl (C=O) groups excluding carboxylic acids is 1. The Kier molecular flexibility index (Phi) is 7.94. The van der Waals surface area contributed by atoms with Crippen molar-refractivity contribution >= 4 is 5.91 Å². The fourth-order valence-corrected chi connectivity index (χ4v) is 2.91. The first kappa shape index (κ1) is 24.5. The number of rotatable bonds is 10. The second-order valence-corrected chi connectivity index (χ2v) is 7.69. The topological polar surface area (TPSA) is 85.6 Å². The van der Waals surface area contributed by atoms with Gasteiger partial charge in [-0.15, -0.1) is 0 Å². The van der Waals surface area contributed by atoms with Crippen molar-refractivity contribution in [2.24, 2.45) is 13.0 Å². The molecule has 2 aromatic rings. The number of aryl methyl sites for hydroxylation is 1. The lowest BCUT2D eigenvalue weighted by molar-refractivity contribution is -0.271. The summed E-state index contributed by atoms with van der Waals surface area (Å²) in [5, 5.41) is 12.7. The van der Waals surface area contributed by atoms with E-state index in [1.54, 1.807) is 18.2 Å². The highest BCUT2D eigenvalue weighted by atomic mass is 19.4. The zero-order chi connectivity index (χ0) is 23.2. The Morgan fingerprint density at radius 1 is 1.29 bits per heavy atom. The van der Waals surface area contributed by atoms with Crippen molar-refractivity contribution < 1.29 is 32.5 Å². The van der Waals surface area contributed by atoms with E-state index >= 15 is 0 Å². The van der Waals surface area contributed by atoms with Crippen molar-refractivity contribution in [1.29, 1.82) is 0 Å². The number of aliphatic hydroxyl groups is 1. The van der Waals surface area contributed by atoms with Crippen LogP contribution in [-0.4, -0.2) is 40.5 Å². The average molecular weight is 443 g/mol. The smallest absolute Gasteiger partial charge is 0.425 e. The molecule has 0 aliphatic rings. The van der Waals surface area contributed by atoms with E-state index in [1.165, 1.54) is 20.4 Å². The molecule has 1 amide bonds. The number of alkyl halides is 3. The lowest BCUT2D eigenvalue weighted by Gasteiger charge is -2.29. The number of methoxy groups -OCH3 is 1. The number of carbonyl (C=O) groups is 1. The van der Waals surface area contributed by atoms with Crippen molar-refractivity contribution in [1.82, 2.24) is 14.9 Å². The average Bonchev–Trinajstić information content (AvgIpc) is 3.12. The van der Waals surface area contributed by atoms with Crippen molar-refractivity contribution in [3.05, 3.63) is 42.0 Å². The molecule has 0 spiro atoms. The van der Waals surface area contributed by atoms with E-state index in [-0.39, 0.29) is 6.54 Å². The van der Waals surface area contributed by atoms with Gasteiger partial charge in [-0.25, -0.2) is 4.98 Å². The van der Waals surface area contributed by atoms with Crippen LogP contribution in [0.4, 0.5) is 13.2 Å². The van der Waals surface area contributed by atoms with Gasteiger partial charge in [0.2, 0.25) is 11.5 Å². The van der Waals surface area contributed by atoms with E-state index in [9.17, 15) is 23.1 Å². The predicted octanol–water partition coefficient (Wildman–Crippen LogP) is 3.31. The van der Waals surface area contributed by atoms with Crippen LogP contribution in [0.15, 0.2) is 30.6 Å². The highest BCUT2D eigenvalue weighted by Gasteiger charge is 2.58. The number of amides is 1. The fraction of sp³-hybridized carbons (Fsp3) is 0.524. The highest BCUT2D eigenvalue weighted by Crippen LogP contribution is 2.40. The van der Waals surface area contributed by atoms with Crippen molar-refractivity contribution in [3.63, 3.8) is 0 Å². The molecular formula is C21H28F3N3O4. The van der Waals surface area contributed by atoms with Gasteiger partial charge in [0.05, 0.1) is 20.1 Å². The van der Waals surface area contributed by atoms with Gasteiger partial charge >= 0.3 is 6.18 Å². The Bertz CT molecular complexity index is 883. The van der Waals surface area contributed by atoms with Gasteiger partial charge in [-0.3, -0.25) is 4.79 Å². The molecule has 0 fully saturated rings. The molecule has 31 heavy (non-hydrogen) atoms. The van der Waals surface area contributed by atoms with Crippen molar-refractivity contribution in [2.45, 2.75) is 45.0 Å². The molecule has 1 atom stereocenters. The summed E-state index contributed by atoms with van der Waals surface area (Å²) in [7, 11) is 2.79. The summed E-state index contributed by atoms with van der Waals surface area (Å²) in [5.74, 6) is -0.143. The second-order valence-electron chi connectivity index (χ2n) is 7.69. The van der Waals surface area contributed by atoms with Crippen LogP contribution in [0.1, 0.15) is 38.1 Å². The third-order valence-electron chi connectivity index (χ3n) is 4.75. The highest BCUT2D eigenvalue weighted by molar-refractivity contribution is 5.77. The monoisotopic (exact) mass is 443 g/mol. The maximum Gasteiger partial charge on any atom is 0.425 e. The summed E-state index contributed by atoms with van der Waals surface area (Å²) in [5.41, 5.74) is -2.80. The van der Waals surface area contributed by atoms with Gasteiger partial charge < -0.3 is 24.5 Å². The van der Waals surface area contributed by atoms with Gasteiger partial charge in [-0.05, 0) is 30.0 Å². The van der Waals surface area contributed by atoms with Crippen LogP contribution < -0.4 is 14.8 Å². The summed E-state index contributed by atoms with van der Waals surface area (Å²) >= 11 is 0. The molecule has 1 heterocycles. The largest absolute Gasteiger partial charge is 0.493 e. The maximum atomic E-state index is 13.6. The summed E-state index contributed by atoms with van der Waals surface area (Å²) in [6, 6.07) is 5.00. The Morgan fingerprint density at radius 3 is 2.55 bits per heavy atom. The van der Waals surface area contributed by atoms with E-state index in [0.29, 0.717) is 29.6 Å². The van der Waals surface area contributed by atoms with Crippen LogP contribution in [0.3, 0.4) is 0 Å². The normalized spacial score (nSPS) is 13.7. The Morgan fingerprint density at radius 2 is 2.00 bits per heavy atom. The Hall–Kier alpha value is -2.75. The Balaban J connectivity index is 2.05. The predicted molar refractivity (Wildman–Crippen MR) is 108 cm³/mol. The minimum atomic E-state index is -5.08. The molecule has 1 aromatic carbocycles. The third kappa shape index (κ3) is 6.13. The summed E-state index contributed by atoms with van der Waals surface area (Å²) in [6.45, 7) is 4.64. The first-order valence-corrected chi connectivity index (χ1v) is 9.81. The standard InChI is InChI=1S/C21H28F3N3O4/c1-14(2)7-10-31-16-6-5-15(11-17(16)30-4)13-26-18(28)12-20(29,21(22,23)24)19-25-8-9-27(19)3/h5-6,8-9,11,14,29H,7,10,12-13H2,1-4H3,(H,26,28). The number of benzene rings is 1. The van der Waals surface area contributed by atoms with Gasteiger partial charge in [-0.1, -0.05) is 19.9 Å². The van der Waals surface area contributed by atoms with Crippen LogP contribution in [0.2, 0.25) is 0 Å². The molecule has 1 aromatic heterocycles. The van der Waals surface area contributed by atoms with E-state index in [2.05, 4.69) is 24.1 Å². The molecule has 0 saturated heterocycles. The minimum Gasteiger partial charge on any atom is -0.493 e. The molecule has 1 unspecified atom stereocenters. The minimum absolute atomic E-state index is 0.0457. The van der Waals surface area contributed by atoms with Crippen molar-refractivity contribution in [3.8, 4) is 11.5 Å². The number of nitrogens with one attached hydrogen (secondary N) is 1. The molecule has 0 radical (unpaired) electrons. The third-order valence-corrected chi connectivity index (χ3v) is 4.75. The number of ether oxygens (including phenoxy) is 2. The fourth-order valence-electron chi connectivity index (χ4n) is 2.91. The van der Waals surface area contributed by atoms with E-state index < -0.39 is 29.9 Å². The number of nitrogens with zero attached hydrogens (tertiary/aromatic N) is 2. The SMILES string of the molecule is COc1cc(CNC(=O)CC(O)(c2nccn2C)C(F)(F)F)ccc1OCCC(C)C. The van der Waals surface area contributed by atoms with E-state index in [0.717, 1.165) is 17.2 Å². The van der Waals surface area contributed by atoms with E-state index in [4.69, 9.17) is 9.47 Å². The molecule has 0 aliphatic carbocycles. The van der Waals surface area contributed by atoms with Gasteiger partial charge in [0.25, 0.3) is 0 Å². The molecular weight excluding hydrogens is 415 g/mol. The van der Waals surface area contributed by atoms with Crippen LogP contribution in [0.5, 0.6) is 11.5 Å². The summed E-state index contributed by atoms with van der Waals surface area (Å²) < 4.78 is 52.7. The summed E-state index contributed by atoms with van der Waals surface area (Å²) in [4.78, 5) is 15.8. The zero-order valence-electron chi connectivity index (χ0n) is 18.0. The first-order chi connectivity index (χ1) is 14.5. The summed E-state index contributed by atoms with van der Waals surface area (Å²) in [6.07, 6.45) is -3.03. The zero-order valence-corrected chi connectivity index (χ0v) is 18.0. The lowest BCUT2D eigenvalue weighted by Crippen LogP contribution is -2.47. The molecule has 7 nitrogen and oxygen atoms in total. The number of aromatic nitrogens is 2. The van der Waals surface area contributed by atoms with Crippen LogP contribution in [0, 0.1) is 5.92 Å². The molecule has 0 saturated carbocycles. The van der Waals surface area contributed by atoms with Gasteiger partial charge in [0, 0.05) is 26.0 Å². The molecule has 172 valence electrons. The first-order valence-electron chi connectivity index (χ1n) is 9.81. The number of imidazole rings is 1. The van der Waals surface area contributed by atoms with Crippen LogP contribution in [0.25, 0.3) is 0 Å². The molecule has 10 heteroatoms. The van der Waals surface area contributed by atoms with Crippen molar-refractivity contribution in [2.75, 3.05) is 13.7 Å². The Labute approximate surface area is 179 Å². The quantitative estimate of drug-likeness (QED) is 0.589. The van der Waals surface area contributed by atoms with E-state index in [1.807, 2.05) is 0 Å². The molecule has 0 bridgehead atoms. The number of halogens is 3. The number of hydrogen-bond acceptors (Lipinski definition) is 5. The second kappa shape index (κ2) is 10.0. The maximum absolute atomic E-state index is 13.6. The van der Waals surface area contributed by atoms with Gasteiger partial charge in [0.15, 0.2) is 17.3 Å². The van der Waals surface area contributed by atoms with Crippen LogP contribution >= 0.6 is 0 Å². The molecule has 0 aliphatic heterocycles. The number of hydrogen-bond donors (Lipinski definition) is 2. The molecule has 2 N–H and O–H groups in total.